The van der Waals surface area contributed by atoms with Crippen LogP contribution in [0.15, 0.2) is 23.8 Å². The fraction of sp³-hybridized carbons (Fsp3) is 0.860. The summed E-state index contributed by atoms with van der Waals surface area (Å²) in [6.45, 7) is 13.8. The number of rotatable bonds is 9. The Morgan fingerprint density at radius 2 is 1.57 bits per heavy atom. The quantitative estimate of drug-likeness (QED) is 0.220. The maximum Gasteiger partial charge on any atom is 0.309 e. The van der Waals surface area contributed by atoms with Gasteiger partial charge < -0.3 is 53.2 Å². The Morgan fingerprint density at radius 3 is 2.20 bits per heavy atom. The molecule has 3 saturated heterocycles. The van der Waals surface area contributed by atoms with E-state index in [1.807, 2.05) is 20.8 Å². The Balaban J connectivity index is 1.32. The van der Waals surface area contributed by atoms with Gasteiger partial charge >= 0.3 is 5.97 Å². The van der Waals surface area contributed by atoms with Crippen LogP contribution in [0.3, 0.4) is 0 Å². The van der Waals surface area contributed by atoms with Crippen molar-refractivity contribution in [2.75, 3.05) is 21.3 Å². The lowest BCUT2D eigenvalue weighted by Crippen LogP contribution is -2.64. The predicted octanol–water partition coefficient (Wildman–Crippen LogP) is 4.56. The molecule has 1 saturated carbocycles. The predicted molar refractivity (Wildman–Crippen MR) is 204 cm³/mol. The topological polar surface area (TPSA) is 169 Å². The highest BCUT2D eigenvalue weighted by Crippen LogP contribution is 2.65. The number of carbonyl (C=O) groups excluding carboxylic acids is 2. The lowest BCUT2D eigenvalue weighted by Gasteiger charge is -2.54. The van der Waals surface area contributed by atoms with Crippen molar-refractivity contribution in [1.29, 1.82) is 0 Å². The van der Waals surface area contributed by atoms with E-state index in [0.717, 1.165) is 6.42 Å². The van der Waals surface area contributed by atoms with Gasteiger partial charge in [-0.3, -0.25) is 9.59 Å². The van der Waals surface area contributed by atoms with Gasteiger partial charge in [-0.2, -0.15) is 0 Å². The highest BCUT2D eigenvalue weighted by Gasteiger charge is 2.73. The van der Waals surface area contributed by atoms with Crippen LogP contribution in [0.1, 0.15) is 106 Å². The highest BCUT2D eigenvalue weighted by molar-refractivity contribution is 6.01. The summed E-state index contributed by atoms with van der Waals surface area (Å²) >= 11 is 0. The molecule has 6 aliphatic rings. The van der Waals surface area contributed by atoms with Crippen LogP contribution in [0.4, 0.5) is 0 Å². The number of carbonyl (C=O) groups is 2. The van der Waals surface area contributed by atoms with Crippen LogP contribution in [0.25, 0.3) is 0 Å². The van der Waals surface area contributed by atoms with Gasteiger partial charge in [0, 0.05) is 57.0 Å². The standard InChI is InChI=1S/C43H68O13/c1-11-27-13-12-14-31(56-34-16-15-29(23(2)3)25(5)52-34)24(4)35(45)30-21-40(7)32(42(30,47)22-33(44)54-27)17-18-41(46)19-28(20-43(40,41)48)55-39-38(51-10)37(50-9)36(49-8)26(6)53-39/h17-18,21,23-29,31-32,34,36-39,46-48H,11-16,19-20,22H2,1-10H3/t24-,25?,26+,27+,28-,29+,31+,32?,34?,36+,37-,38-,39+,40-,41+,42+,43+/m1/s1. The molecule has 6 rings (SSSR count). The van der Waals surface area contributed by atoms with E-state index in [1.54, 1.807) is 33.3 Å². The number of aliphatic hydroxyl groups is 3. The van der Waals surface area contributed by atoms with Gasteiger partial charge in [0.05, 0.1) is 30.8 Å². The lowest BCUT2D eigenvalue weighted by atomic mass is 9.55. The zero-order chi connectivity index (χ0) is 41.0. The molecule has 3 aliphatic heterocycles. The second kappa shape index (κ2) is 16.7. The minimum Gasteiger partial charge on any atom is -0.462 e. The molecule has 13 heteroatoms. The van der Waals surface area contributed by atoms with Crippen molar-refractivity contribution in [3.8, 4) is 0 Å². The van der Waals surface area contributed by atoms with Gasteiger partial charge in [-0.15, -0.1) is 0 Å². The molecule has 318 valence electrons. The van der Waals surface area contributed by atoms with Gasteiger partial charge in [0.1, 0.15) is 41.2 Å². The largest absolute Gasteiger partial charge is 0.462 e. The molecule has 0 aromatic heterocycles. The molecule has 0 aromatic rings. The first kappa shape index (κ1) is 43.8. The van der Waals surface area contributed by atoms with E-state index in [0.29, 0.717) is 43.9 Å². The van der Waals surface area contributed by atoms with Crippen molar-refractivity contribution in [3.63, 3.8) is 0 Å². The molecule has 3 unspecified atom stereocenters. The van der Waals surface area contributed by atoms with Crippen LogP contribution in [-0.2, 0) is 47.5 Å². The second-order valence-electron chi connectivity index (χ2n) is 18.1. The normalized spacial score (nSPS) is 48.7. The van der Waals surface area contributed by atoms with Crippen LogP contribution in [0, 0.1) is 29.1 Å². The Bertz CT molecular complexity index is 1480. The zero-order valence-corrected chi connectivity index (χ0v) is 35.1. The first-order chi connectivity index (χ1) is 26.4. The molecule has 4 fully saturated rings. The monoisotopic (exact) mass is 792 g/mol. The summed E-state index contributed by atoms with van der Waals surface area (Å²) < 4.78 is 48.9. The van der Waals surface area contributed by atoms with Gasteiger partial charge in [0.2, 0.25) is 0 Å². The van der Waals surface area contributed by atoms with E-state index in [-0.39, 0.29) is 36.4 Å². The fourth-order valence-electron chi connectivity index (χ4n) is 11.2. The van der Waals surface area contributed by atoms with Gasteiger partial charge in [0.15, 0.2) is 18.4 Å². The molecule has 17 atom stereocenters. The summed E-state index contributed by atoms with van der Waals surface area (Å²) in [5.74, 6) is -1.80. The molecule has 0 aromatic carbocycles. The number of Topliss-reactive ketones (excluding diaryl/α,β-unsaturated/α-hetero) is 1. The molecular formula is C43H68O13. The molecule has 0 radical (unpaired) electrons. The summed E-state index contributed by atoms with van der Waals surface area (Å²) in [5, 5.41) is 38.0. The molecule has 56 heavy (non-hydrogen) atoms. The number of methoxy groups -OCH3 is 3. The summed E-state index contributed by atoms with van der Waals surface area (Å²) in [5.41, 5.74) is -7.19. The van der Waals surface area contributed by atoms with Crippen LogP contribution in [-0.4, -0.2) is 127 Å². The Morgan fingerprint density at radius 1 is 0.875 bits per heavy atom. The van der Waals surface area contributed by atoms with E-state index >= 15 is 0 Å². The average molecular weight is 793 g/mol. The van der Waals surface area contributed by atoms with Crippen molar-refractivity contribution < 1.29 is 62.8 Å². The number of ether oxygens (including phenoxy) is 8. The Hall–Kier alpha value is -1.78. The summed E-state index contributed by atoms with van der Waals surface area (Å²) in [4.78, 5) is 28.6. The van der Waals surface area contributed by atoms with Crippen molar-refractivity contribution in [1.82, 2.24) is 0 Å². The number of hydrogen-bond donors (Lipinski definition) is 3. The molecule has 0 amide bonds. The van der Waals surface area contributed by atoms with Crippen molar-refractivity contribution in [2.24, 2.45) is 29.1 Å². The first-order valence-corrected chi connectivity index (χ1v) is 20.9. The summed E-state index contributed by atoms with van der Waals surface area (Å²) in [6, 6.07) is 0. The molecule has 3 heterocycles. The minimum atomic E-state index is -2.05. The molecule has 0 bridgehead atoms. The molecule has 3 aliphatic carbocycles. The van der Waals surface area contributed by atoms with Gasteiger partial charge in [-0.25, -0.2) is 0 Å². The van der Waals surface area contributed by atoms with E-state index in [2.05, 4.69) is 20.8 Å². The SMILES string of the molecule is CC[C@H]1CCC[C@H](OC2CC[C@@H](C(C)C)C(C)O2)[C@@H](C)C(=O)C2=C[C@]3(C)C(C=C[C@]4(O)C[C@@H](O[C@@H]5O[C@@H](C)[C@H](OC)[C@@H](OC)[C@H]5OC)C[C@@]43O)[C@]2(O)CC(=O)O1. The average Bonchev–Trinajstić information content (AvgIpc) is 3.54. The Labute approximate surface area is 332 Å². The number of hydrogen-bond acceptors (Lipinski definition) is 13. The Kier molecular flexibility index (Phi) is 13.1. The zero-order valence-electron chi connectivity index (χ0n) is 35.1. The van der Waals surface area contributed by atoms with Crippen LogP contribution < -0.4 is 0 Å². The third-order valence-electron chi connectivity index (χ3n) is 14.5. The second-order valence-corrected chi connectivity index (χ2v) is 18.1. The van der Waals surface area contributed by atoms with E-state index in [1.165, 1.54) is 13.2 Å². The third kappa shape index (κ3) is 7.49. The van der Waals surface area contributed by atoms with Gasteiger partial charge in [-0.1, -0.05) is 52.8 Å². The molecule has 3 N–H and O–H groups in total. The van der Waals surface area contributed by atoms with E-state index in [4.69, 9.17) is 37.9 Å². The minimum absolute atomic E-state index is 0.00208. The maximum atomic E-state index is 14.9. The number of ketones is 1. The van der Waals surface area contributed by atoms with Crippen molar-refractivity contribution >= 4 is 11.8 Å². The number of esters is 1. The van der Waals surface area contributed by atoms with Crippen LogP contribution in [0.2, 0.25) is 0 Å². The number of fused-ring (bicyclic) bond motifs is 5. The van der Waals surface area contributed by atoms with E-state index in [9.17, 15) is 24.9 Å². The van der Waals surface area contributed by atoms with Gasteiger partial charge in [0.25, 0.3) is 0 Å². The van der Waals surface area contributed by atoms with Crippen LogP contribution in [0.5, 0.6) is 0 Å². The smallest absolute Gasteiger partial charge is 0.309 e. The summed E-state index contributed by atoms with van der Waals surface area (Å²) in [6.07, 6.45) is 3.14. The van der Waals surface area contributed by atoms with Crippen LogP contribution >= 0.6 is 0 Å². The maximum absolute atomic E-state index is 14.9. The molecular weight excluding hydrogens is 724 g/mol. The molecule has 0 spiro atoms. The van der Waals surface area contributed by atoms with Crippen molar-refractivity contribution in [2.45, 2.75) is 184 Å². The highest BCUT2D eigenvalue weighted by atomic mass is 16.7. The number of cyclic esters (lactones) is 1. The first-order valence-electron chi connectivity index (χ1n) is 20.9. The lowest BCUT2D eigenvalue weighted by molar-refractivity contribution is -0.315. The van der Waals surface area contributed by atoms with Gasteiger partial charge in [-0.05, 0) is 64.2 Å². The fourth-order valence-corrected chi connectivity index (χ4v) is 11.2. The van der Waals surface area contributed by atoms with Crippen molar-refractivity contribution in [3.05, 3.63) is 23.8 Å². The van der Waals surface area contributed by atoms with E-state index < -0.39 is 95.6 Å². The third-order valence-corrected chi connectivity index (χ3v) is 14.5. The molecule has 13 nitrogen and oxygen atoms in total. The summed E-state index contributed by atoms with van der Waals surface area (Å²) in [7, 11) is 4.67.